The van der Waals surface area contributed by atoms with E-state index in [1.165, 1.54) is 12.7 Å². The van der Waals surface area contributed by atoms with E-state index in [1.807, 2.05) is 12.1 Å². The third-order valence-electron chi connectivity index (χ3n) is 4.83. The molecule has 3 heteroatoms. The van der Waals surface area contributed by atoms with Gasteiger partial charge in [0, 0.05) is 5.69 Å². The highest BCUT2D eigenvalue weighted by Gasteiger charge is 2.50. The van der Waals surface area contributed by atoms with Crippen molar-refractivity contribution in [3.05, 3.63) is 29.8 Å². The highest BCUT2D eigenvalue weighted by molar-refractivity contribution is 5.85. The summed E-state index contributed by atoms with van der Waals surface area (Å²) in [6, 6.07) is 8.17. The van der Waals surface area contributed by atoms with Gasteiger partial charge in [-0.2, -0.15) is 0 Å². The highest BCUT2D eigenvalue weighted by atomic mass is 16.5. The predicted molar refractivity (Wildman–Crippen MR) is 86.3 cm³/mol. The van der Waals surface area contributed by atoms with Gasteiger partial charge in [-0.3, -0.25) is 0 Å². The van der Waals surface area contributed by atoms with E-state index in [-0.39, 0.29) is 17.3 Å². The van der Waals surface area contributed by atoms with Crippen LogP contribution in [0.3, 0.4) is 0 Å². The van der Waals surface area contributed by atoms with Crippen LogP contribution in [-0.2, 0) is 9.53 Å². The monoisotopic (exact) mass is 289 g/mol. The number of benzene rings is 1. The third-order valence-corrected chi connectivity index (χ3v) is 4.83. The van der Waals surface area contributed by atoms with E-state index in [1.54, 1.807) is 0 Å². The summed E-state index contributed by atoms with van der Waals surface area (Å²) in [7, 11) is 1.48. The molecule has 1 N–H and O–H groups in total. The normalized spacial score (nSPS) is 28.0. The van der Waals surface area contributed by atoms with Gasteiger partial charge >= 0.3 is 5.97 Å². The van der Waals surface area contributed by atoms with E-state index in [4.69, 9.17) is 4.74 Å². The van der Waals surface area contributed by atoms with Crippen molar-refractivity contribution in [3.8, 4) is 0 Å². The highest BCUT2D eigenvalue weighted by Crippen LogP contribution is 2.45. The summed E-state index contributed by atoms with van der Waals surface area (Å²) in [6.45, 7) is 8.76. The SMILES string of the molecule is COC(=O)C1(Nc2cccc(C)c2)CCC(C)(C)CC1C. The Morgan fingerprint density at radius 2 is 2.05 bits per heavy atom. The average Bonchev–Trinajstić information content (AvgIpc) is 2.41. The van der Waals surface area contributed by atoms with Gasteiger partial charge < -0.3 is 10.1 Å². The number of esters is 1. The Kier molecular flexibility index (Phi) is 4.31. The number of carbonyl (C=O) groups excluding carboxylic acids is 1. The number of methoxy groups -OCH3 is 1. The summed E-state index contributed by atoms with van der Waals surface area (Å²) in [5.41, 5.74) is 1.85. The van der Waals surface area contributed by atoms with Crippen LogP contribution in [0.15, 0.2) is 24.3 Å². The Hall–Kier alpha value is -1.51. The second kappa shape index (κ2) is 5.70. The number of nitrogens with one attached hydrogen (secondary N) is 1. The molecule has 0 bridgehead atoms. The fraction of sp³-hybridized carbons (Fsp3) is 0.611. The zero-order valence-corrected chi connectivity index (χ0v) is 13.8. The van der Waals surface area contributed by atoms with Crippen LogP contribution in [0.4, 0.5) is 5.69 Å². The van der Waals surface area contributed by atoms with E-state index in [0.717, 1.165) is 24.9 Å². The van der Waals surface area contributed by atoms with E-state index in [2.05, 4.69) is 45.1 Å². The Balaban J connectivity index is 2.32. The van der Waals surface area contributed by atoms with E-state index in [9.17, 15) is 4.79 Å². The molecule has 1 aliphatic rings. The number of ether oxygens (including phenoxy) is 1. The lowest BCUT2D eigenvalue weighted by Gasteiger charge is -2.47. The average molecular weight is 289 g/mol. The number of hydrogen-bond acceptors (Lipinski definition) is 3. The minimum Gasteiger partial charge on any atom is -0.467 e. The van der Waals surface area contributed by atoms with Crippen molar-refractivity contribution in [2.24, 2.45) is 11.3 Å². The topological polar surface area (TPSA) is 38.3 Å². The molecule has 2 unspecified atom stereocenters. The molecule has 0 heterocycles. The van der Waals surface area contributed by atoms with Crippen LogP contribution in [0.2, 0.25) is 0 Å². The van der Waals surface area contributed by atoms with E-state index < -0.39 is 5.54 Å². The quantitative estimate of drug-likeness (QED) is 0.849. The summed E-state index contributed by atoms with van der Waals surface area (Å²) < 4.78 is 5.13. The molecule has 3 nitrogen and oxygen atoms in total. The standard InChI is InChI=1S/C18H27NO2/c1-13-7-6-8-15(11-13)19-18(16(20)21-5)10-9-17(3,4)12-14(18)2/h6-8,11,14,19H,9-10,12H2,1-5H3. The summed E-state index contributed by atoms with van der Waals surface area (Å²) in [4.78, 5) is 12.5. The van der Waals surface area contributed by atoms with Crippen molar-refractivity contribution in [2.75, 3.05) is 12.4 Å². The van der Waals surface area contributed by atoms with Crippen molar-refractivity contribution in [3.63, 3.8) is 0 Å². The first-order valence-electron chi connectivity index (χ1n) is 7.72. The number of anilines is 1. The lowest BCUT2D eigenvalue weighted by Crippen LogP contribution is -2.56. The Morgan fingerprint density at radius 3 is 2.62 bits per heavy atom. The van der Waals surface area contributed by atoms with Gasteiger partial charge in [-0.05, 0) is 55.2 Å². The second-order valence-electron chi connectivity index (χ2n) is 7.23. The van der Waals surface area contributed by atoms with Crippen LogP contribution in [0, 0.1) is 18.3 Å². The molecule has 21 heavy (non-hydrogen) atoms. The van der Waals surface area contributed by atoms with Crippen molar-refractivity contribution in [1.82, 2.24) is 0 Å². The number of rotatable bonds is 3. The molecule has 1 aromatic carbocycles. The van der Waals surface area contributed by atoms with Gasteiger partial charge in [0.15, 0.2) is 0 Å². The van der Waals surface area contributed by atoms with Crippen LogP contribution in [0.5, 0.6) is 0 Å². The number of hydrogen-bond donors (Lipinski definition) is 1. The lowest BCUT2D eigenvalue weighted by molar-refractivity contribution is -0.150. The molecule has 0 spiro atoms. The molecule has 116 valence electrons. The first-order valence-corrected chi connectivity index (χ1v) is 7.72. The second-order valence-corrected chi connectivity index (χ2v) is 7.23. The molecule has 1 saturated carbocycles. The van der Waals surface area contributed by atoms with E-state index >= 15 is 0 Å². The zero-order valence-electron chi connectivity index (χ0n) is 13.8. The summed E-state index contributed by atoms with van der Waals surface area (Å²) in [5, 5.41) is 3.50. The summed E-state index contributed by atoms with van der Waals surface area (Å²) in [5.74, 6) is 0.0845. The minimum absolute atomic E-state index is 0.146. The molecule has 2 atom stereocenters. The fourth-order valence-corrected chi connectivity index (χ4v) is 3.59. The summed E-state index contributed by atoms with van der Waals surface area (Å²) in [6.07, 6.45) is 2.84. The molecule has 1 aliphatic carbocycles. The van der Waals surface area contributed by atoms with Crippen LogP contribution in [0.25, 0.3) is 0 Å². The molecular weight excluding hydrogens is 262 g/mol. The third kappa shape index (κ3) is 3.22. The molecular formula is C18H27NO2. The van der Waals surface area contributed by atoms with Crippen LogP contribution in [0.1, 0.15) is 45.6 Å². The van der Waals surface area contributed by atoms with Gasteiger partial charge in [0.05, 0.1) is 7.11 Å². The van der Waals surface area contributed by atoms with Crippen LogP contribution in [-0.4, -0.2) is 18.6 Å². The molecule has 0 aromatic heterocycles. The van der Waals surface area contributed by atoms with Gasteiger partial charge in [0.25, 0.3) is 0 Å². The molecule has 1 fully saturated rings. The van der Waals surface area contributed by atoms with Crippen molar-refractivity contribution in [1.29, 1.82) is 0 Å². The van der Waals surface area contributed by atoms with Gasteiger partial charge in [0.2, 0.25) is 0 Å². The Bertz CT molecular complexity index is 524. The van der Waals surface area contributed by atoms with Crippen molar-refractivity contribution >= 4 is 11.7 Å². The Labute approximate surface area is 128 Å². The maximum Gasteiger partial charge on any atom is 0.331 e. The largest absolute Gasteiger partial charge is 0.467 e. The summed E-state index contributed by atoms with van der Waals surface area (Å²) >= 11 is 0. The first-order chi connectivity index (χ1) is 9.79. The molecule has 0 aliphatic heterocycles. The predicted octanol–water partition coefficient (Wildman–Crippen LogP) is 4.16. The first kappa shape index (κ1) is 15.9. The molecule has 2 rings (SSSR count). The van der Waals surface area contributed by atoms with E-state index in [0.29, 0.717) is 0 Å². The minimum atomic E-state index is -0.613. The van der Waals surface area contributed by atoms with Crippen molar-refractivity contribution < 1.29 is 9.53 Å². The molecule has 0 amide bonds. The fourth-order valence-electron chi connectivity index (χ4n) is 3.59. The maximum absolute atomic E-state index is 12.5. The molecule has 0 radical (unpaired) electrons. The maximum atomic E-state index is 12.5. The van der Waals surface area contributed by atoms with Gasteiger partial charge in [-0.15, -0.1) is 0 Å². The number of carbonyl (C=O) groups is 1. The molecule has 0 saturated heterocycles. The zero-order chi connectivity index (χ0) is 15.7. The smallest absolute Gasteiger partial charge is 0.331 e. The van der Waals surface area contributed by atoms with Crippen molar-refractivity contribution in [2.45, 2.75) is 52.5 Å². The number of aryl methyl sites for hydroxylation is 1. The lowest BCUT2D eigenvalue weighted by atomic mass is 9.63. The molecule has 1 aromatic rings. The van der Waals surface area contributed by atoms with Gasteiger partial charge in [-0.25, -0.2) is 4.79 Å². The van der Waals surface area contributed by atoms with Crippen LogP contribution < -0.4 is 5.32 Å². The van der Waals surface area contributed by atoms with Gasteiger partial charge in [0.1, 0.15) is 5.54 Å². The van der Waals surface area contributed by atoms with Gasteiger partial charge in [-0.1, -0.05) is 32.9 Å². The van der Waals surface area contributed by atoms with Crippen LogP contribution >= 0.6 is 0 Å². The Morgan fingerprint density at radius 1 is 1.33 bits per heavy atom.